The van der Waals surface area contributed by atoms with Crippen LogP contribution in [0.15, 0.2) is 18.2 Å². The molecule has 0 aliphatic carbocycles. The first-order valence-electron chi connectivity index (χ1n) is 7.04. The summed E-state index contributed by atoms with van der Waals surface area (Å²) in [5, 5.41) is 3.57. The van der Waals surface area contributed by atoms with Gasteiger partial charge in [-0.2, -0.15) is 0 Å². The fraction of sp³-hybridized carbons (Fsp3) is 0.500. The van der Waals surface area contributed by atoms with Crippen molar-refractivity contribution < 1.29 is 13.2 Å². The molecule has 1 aliphatic rings. The smallest absolute Gasteiger partial charge is 0.256 e. The molecule has 2 rings (SSSR count). The van der Waals surface area contributed by atoms with E-state index in [0.29, 0.717) is 18.1 Å². The van der Waals surface area contributed by atoms with Crippen molar-refractivity contribution >= 4 is 33.2 Å². The van der Waals surface area contributed by atoms with Crippen LogP contribution in [-0.2, 0) is 10.0 Å². The van der Waals surface area contributed by atoms with Gasteiger partial charge >= 0.3 is 0 Å². The van der Waals surface area contributed by atoms with E-state index in [1.165, 1.54) is 12.1 Å². The third-order valence-corrected chi connectivity index (χ3v) is 4.45. The molecule has 8 heteroatoms. The first kappa shape index (κ1) is 17.1. The van der Waals surface area contributed by atoms with Gasteiger partial charge in [-0.25, -0.2) is 8.42 Å². The summed E-state index contributed by atoms with van der Waals surface area (Å²) < 4.78 is 25.3. The Kier molecular flexibility index (Phi) is 5.31. The topological polar surface area (TPSA) is 78.5 Å². The third-order valence-electron chi connectivity index (χ3n) is 3.62. The van der Waals surface area contributed by atoms with E-state index in [1.54, 1.807) is 11.0 Å². The van der Waals surface area contributed by atoms with Crippen LogP contribution in [0.3, 0.4) is 0 Å². The Morgan fingerprint density at radius 2 is 2.14 bits per heavy atom. The summed E-state index contributed by atoms with van der Waals surface area (Å²) in [5.74, 6) is -0.214. The van der Waals surface area contributed by atoms with Gasteiger partial charge in [0.25, 0.3) is 5.91 Å². The number of halogens is 1. The highest BCUT2D eigenvalue weighted by atomic mass is 35.5. The lowest BCUT2D eigenvalue weighted by Gasteiger charge is -2.33. The average molecular weight is 346 g/mol. The summed E-state index contributed by atoms with van der Waals surface area (Å²) in [4.78, 5) is 14.5. The maximum Gasteiger partial charge on any atom is 0.256 e. The van der Waals surface area contributed by atoms with E-state index in [1.807, 2.05) is 7.05 Å². The number of sulfonamides is 1. The molecular weight excluding hydrogens is 326 g/mol. The number of likely N-dealkylation sites (tertiary alicyclic amines) is 1. The zero-order chi connectivity index (χ0) is 16.3. The molecule has 122 valence electrons. The SMILES string of the molecule is CNC1CCCN(C(=O)c2cc(Cl)ccc2NS(C)(=O)=O)C1. The number of nitrogens with zero attached hydrogens (tertiary/aromatic N) is 1. The molecule has 6 nitrogen and oxygen atoms in total. The van der Waals surface area contributed by atoms with Crippen molar-refractivity contribution in [1.82, 2.24) is 10.2 Å². The Labute approximate surface area is 135 Å². The minimum atomic E-state index is -3.47. The second kappa shape index (κ2) is 6.85. The van der Waals surface area contributed by atoms with Gasteiger partial charge in [0.05, 0.1) is 17.5 Å². The van der Waals surface area contributed by atoms with Crippen molar-refractivity contribution in [1.29, 1.82) is 0 Å². The molecule has 1 fully saturated rings. The predicted octanol–water partition coefficient (Wildman–Crippen LogP) is 1.54. The number of rotatable bonds is 4. The molecule has 0 bridgehead atoms. The van der Waals surface area contributed by atoms with Crippen LogP contribution in [0.5, 0.6) is 0 Å². The minimum Gasteiger partial charge on any atom is -0.337 e. The summed E-state index contributed by atoms with van der Waals surface area (Å²) in [6.07, 6.45) is 2.98. The molecule has 22 heavy (non-hydrogen) atoms. The summed E-state index contributed by atoms with van der Waals surface area (Å²) in [6, 6.07) is 4.82. The van der Waals surface area contributed by atoms with Crippen LogP contribution in [0.2, 0.25) is 5.02 Å². The molecule has 0 radical (unpaired) electrons. The Balaban J connectivity index is 2.30. The fourth-order valence-corrected chi connectivity index (χ4v) is 3.30. The molecule has 1 atom stereocenters. The molecule has 1 aliphatic heterocycles. The minimum absolute atomic E-state index is 0.214. The second-order valence-electron chi connectivity index (χ2n) is 5.44. The quantitative estimate of drug-likeness (QED) is 0.867. The molecule has 1 aromatic carbocycles. The summed E-state index contributed by atoms with van der Waals surface area (Å²) >= 11 is 5.97. The Morgan fingerprint density at radius 1 is 1.41 bits per heavy atom. The highest BCUT2D eigenvalue weighted by molar-refractivity contribution is 7.92. The largest absolute Gasteiger partial charge is 0.337 e. The van der Waals surface area contributed by atoms with Crippen molar-refractivity contribution in [3.8, 4) is 0 Å². The van der Waals surface area contributed by atoms with Crippen molar-refractivity contribution in [2.24, 2.45) is 0 Å². The van der Waals surface area contributed by atoms with Gasteiger partial charge in [-0.1, -0.05) is 11.6 Å². The second-order valence-corrected chi connectivity index (χ2v) is 7.63. The lowest BCUT2D eigenvalue weighted by molar-refractivity contribution is 0.0699. The third kappa shape index (κ3) is 4.34. The van der Waals surface area contributed by atoms with E-state index in [4.69, 9.17) is 11.6 Å². The van der Waals surface area contributed by atoms with Crippen LogP contribution in [-0.4, -0.2) is 51.7 Å². The number of benzene rings is 1. The molecular formula is C14H20ClN3O3S. The molecule has 1 saturated heterocycles. The highest BCUT2D eigenvalue weighted by Crippen LogP contribution is 2.24. The standard InChI is InChI=1S/C14H20ClN3O3S/c1-16-11-4-3-7-18(9-11)14(19)12-8-10(15)5-6-13(12)17-22(2,20)21/h5-6,8,11,16-17H,3-4,7,9H2,1-2H3. The predicted molar refractivity (Wildman–Crippen MR) is 87.9 cm³/mol. The average Bonchev–Trinajstić information content (AvgIpc) is 2.47. The molecule has 1 aromatic rings. The summed E-state index contributed by atoms with van der Waals surface area (Å²) in [5.41, 5.74) is 0.526. The molecule has 1 unspecified atom stereocenters. The number of piperidine rings is 1. The van der Waals surface area contributed by atoms with Crippen LogP contribution in [0.25, 0.3) is 0 Å². The molecule has 2 N–H and O–H groups in total. The van der Waals surface area contributed by atoms with Crippen LogP contribution >= 0.6 is 11.6 Å². The number of hydrogen-bond donors (Lipinski definition) is 2. The molecule has 1 amide bonds. The number of likely N-dealkylation sites (N-methyl/N-ethyl adjacent to an activating group) is 1. The van der Waals surface area contributed by atoms with Crippen molar-refractivity contribution in [2.45, 2.75) is 18.9 Å². The van der Waals surface area contributed by atoms with E-state index < -0.39 is 10.0 Å². The Morgan fingerprint density at radius 3 is 2.77 bits per heavy atom. The van der Waals surface area contributed by atoms with Crippen molar-refractivity contribution in [3.63, 3.8) is 0 Å². The number of carbonyl (C=O) groups is 1. The van der Waals surface area contributed by atoms with Crippen LogP contribution < -0.4 is 10.0 Å². The number of nitrogens with one attached hydrogen (secondary N) is 2. The normalized spacial score (nSPS) is 19.0. The van der Waals surface area contributed by atoms with E-state index >= 15 is 0 Å². The van der Waals surface area contributed by atoms with Gasteiger partial charge in [0.1, 0.15) is 0 Å². The monoisotopic (exact) mass is 345 g/mol. The highest BCUT2D eigenvalue weighted by Gasteiger charge is 2.25. The molecule has 0 saturated carbocycles. The fourth-order valence-electron chi connectivity index (χ4n) is 2.55. The molecule has 0 spiro atoms. The van der Waals surface area contributed by atoms with E-state index in [9.17, 15) is 13.2 Å². The number of amides is 1. The van der Waals surface area contributed by atoms with Gasteiger partial charge in [0.2, 0.25) is 10.0 Å². The van der Waals surface area contributed by atoms with Crippen LogP contribution in [0, 0.1) is 0 Å². The van der Waals surface area contributed by atoms with Gasteiger partial charge in [0.15, 0.2) is 0 Å². The van der Waals surface area contributed by atoms with Crippen LogP contribution in [0.4, 0.5) is 5.69 Å². The number of carbonyl (C=O) groups excluding carboxylic acids is 1. The maximum atomic E-state index is 12.7. The number of hydrogen-bond acceptors (Lipinski definition) is 4. The zero-order valence-corrected chi connectivity index (χ0v) is 14.2. The van der Waals surface area contributed by atoms with Gasteiger partial charge in [-0.05, 0) is 38.1 Å². The maximum absolute atomic E-state index is 12.7. The summed E-state index contributed by atoms with van der Waals surface area (Å²) in [7, 11) is -1.60. The van der Waals surface area contributed by atoms with Crippen LogP contribution in [0.1, 0.15) is 23.2 Å². The van der Waals surface area contributed by atoms with Crippen molar-refractivity contribution in [3.05, 3.63) is 28.8 Å². The van der Waals surface area contributed by atoms with E-state index in [0.717, 1.165) is 19.1 Å². The van der Waals surface area contributed by atoms with Gasteiger partial charge in [-0.15, -0.1) is 0 Å². The van der Waals surface area contributed by atoms with Gasteiger partial charge in [0, 0.05) is 24.2 Å². The first-order chi connectivity index (χ1) is 10.3. The lowest BCUT2D eigenvalue weighted by Crippen LogP contribution is -2.47. The van der Waals surface area contributed by atoms with E-state index in [-0.39, 0.29) is 23.2 Å². The Bertz CT molecular complexity index is 663. The Hall–Kier alpha value is -1.31. The zero-order valence-electron chi connectivity index (χ0n) is 12.6. The number of anilines is 1. The first-order valence-corrected chi connectivity index (χ1v) is 9.31. The summed E-state index contributed by atoms with van der Waals surface area (Å²) in [6.45, 7) is 1.25. The molecule has 1 heterocycles. The van der Waals surface area contributed by atoms with Gasteiger partial charge < -0.3 is 10.2 Å². The van der Waals surface area contributed by atoms with Crippen molar-refractivity contribution in [2.75, 3.05) is 31.1 Å². The lowest BCUT2D eigenvalue weighted by atomic mass is 10.0. The molecule has 0 aromatic heterocycles. The van der Waals surface area contributed by atoms with Gasteiger partial charge in [-0.3, -0.25) is 9.52 Å². The van der Waals surface area contributed by atoms with E-state index in [2.05, 4.69) is 10.0 Å².